The van der Waals surface area contributed by atoms with Crippen LogP contribution < -0.4 is 4.90 Å². The fourth-order valence-corrected chi connectivity index (χ4v) is 4.12. The molecule has 1 aromatic rings. The van der Waals surface area contributed by atoms with Crippen LogP contribution in [0.15, 0.2) is 41.8 Å². The van der Waals surface area contributed by atoms with Gasteiger partial charge in [-0.2, -0.15) is 0 Å². The lowest BCUT2D eigenvalue weighted by Crippen LogP contribution is -2.51. The molecule has 3 rings (SSSR count). The zero-order valence-electron chi connectivity index (χ0n) is 11.5. The van der Waals surface area contributed by atoms with Gasteiger partial charge in [-0.25, -0.2) is 4.79 Å². The summed E-state index contributed by atoms with van der Waals surface area (Å²) in [4.78, 5) is 29.1. The van der Waals surface area contributed by atoms with E-state index in [1.54, 1.807) is 22.7 Å². The van der Waals surface area contributed by atoms with Crippen LogP contribution in [0.2, 0.25) is 0 Å². The molecule has 1 unspecified atom stereocenters. The number of imide groups is 1. The standard InChI is InChI=1S/C15H16N2O2S/c1-4-9-16-13(18)12-15(2,3)20-11-8-6-5-7-10(11)17(12)14(16)19/h4-8,12H,1,9H2,2-3H3. The van der Waals surface area contributed by atoms with Gasteiger partial charge in [0.15, 0.2) is 0 Å². The first-order chi connectivity index (χ1) is 9.47. The molecule has 0 spiro atoms. The molecule has 1 saturated heterocycles. The number of fused-ring (bicyclic) bond motifs is 3. The molecular formula is C15H16N2O2S. The number of carbonyl (C=O) groups is 2. The van der Waals surface area contributed by atoms with Crippen LogP contribution in [-0.2, 0) is 4.79 Å². The van der Waals surface area contributed by atoms with Gasteiger partial charge in [0.2, 0.25) is 0 Å². The zero-order valence-corrected chi connectivity index (χ0v) is 12.3. The Balaban J connectivity index is 2.15. The highest BCUT2D eigenvalue weighted by Crippen LogP contribution is 2.50. The van der Waals surface area contributed by atoms with Gasteiger partial charge in [-0.15, -0.1) is 18.3 Å². The number of rotatable bonds is 2. The third kappa shape index (κ3) is 1.69. The zero-order chi connectivity index (χ0) is 14.5. The monoisotopic (exact) mass is 288 g/mol. The Kier molecular flexibility index (Phi) is 2.90. The van der Waals surface area contributed by atoms with Crippen molar-refractivity contribution in [2.45, 2.75) is 29.5 Å². The molecule has 0 bridgehead atoms. The summed E-state index contributed by atoms with van der Waals surface area (Å²) in [6.07, 6.45) is 1.58. The summed E-state index contributed by atoms with van der Waals surface area (Å²) in [5.74, 6) is -0.137. The van der Waals surface area contributed by atoms with E-state index in [4.69, 9.17) is 0 Å². The van der Waals surface area contributed by atoms with Crippen molar-refractivity contribution in [3.63, 3.8) is 0 Å². The molecule has 1 aromatic carbocycles. The van der Waals surface area contributed by atoms with E-state index in [2.05, 4.69) is 6.58 Å². The average Bonchev–Trinajstić information content (AvgIpc) is 2.65. The van der Waals surface area contributed by atoms with Gasteiger partial charge in [-0.05, 0) is 26.0 Å². The van der Waals surface area contributed by atoms with Crippen molar-refractivity contribution in [2.24, 2.45) is 0 Å². The van der Waals surface area contributed by atoms with Crippen molar-refractivity contribution >= 4 is 29.4 Å². The lowest BCUT2D eigenvalue weighted by atomic mass is 10.0. The second kappa shape index (κ2) is 4.38. The number of carbonyl (C=O) groups excluding carboxylic acids is 2. The van der Waals surface area contributed by atoms with E-state index in [9.17, 15) is 9.59 Å². The molecule has 4 nitrogen and oxygen atoms in total. The number of benzene rings is 1. The fraction of sp³-hybridized carbons (Fsp3) is 0.333. The SMILES string of the molecule is C=CCN1C(=O)C2N(C1=O)c1ccccc1SC2(C)C. The highest BCUT2D eigenvalue weighted by Gasteiger charge is 2.55. The number of hydrogen-bond donors (Lipinski definition) is 0. The van der Waals surface area contributed by atoms with Gasteiger partial charge in [-0.1, -0.05) is 18.2 Å². The molecule has 2 heterocycles. The first kappa shape index (κ1) is 13.2. The molecule has 3 amide bonds. The number of para-hydroxylation sites is 1. The summed E-state index contributed by atoms with van der Waals surface area (Å²) < 4.78 is -0.350. The number of hydrogen-bond acceptors (Lipinski definition) is 3. The van der Waals surface area contributed by atoms with E-state index in [0.717, 1.165) is 10.6 Å². The molecule has 2 aliphatic heterocycles. The summed E-state index contributed by atoms with van der Waals surface area (Å²) in [5.41, 5.74) is 0.826. The second-order valence-electron chi connectivity index (χ2n) is 5.47. The molecule has 1 atom stereocenters. The quantitative estimate of drug-likeness (QED) is 0.620. The Morgan fingerprint density at radius 1 is 1.35 bits per heavy atom. The van der Waals surface area contributed by atoms with Crippen LogP contribution in [0.3, 0.4) is 0 Å². The molecule has 20 heavy (non-hydrogen) atoms. The third-order valence-electron chi connectivity index (χ3n) is 3.66. The predicted molar refractivity (Wildman–Crippen MR) is 80.0 cm³/mol. The second-order valence-corrected chi connectivity index (χ2v) is 7.16. The number of urea groups is 1. The predicted octanol–water partition coefficient (Wildman–Crippen LogP) is 2.89. The average molecular weight is 288 g/mol. The molecule has 5 heteroatoms. The number of anilines is 1. The molecule has 0 aromatic heterocycles. The Hall–Kier alpha value is -1.75. The fourth-order valence-electron chi connectivity index (χ4n) is 2.82. The lowest BCUT2D eigenvalue weighted by molar-refractivity contribution is -0.127. The Bertz CT molecular complexity index is 612. The van der Waals surface area contributed by atoms with Crippen LogP contribution in [0.25, 0.3) is 0 Å². The van der Waals surface area contributed by atoms with Crippen LogP contribution in [0, 0.1) is 0 Å². The molecule has 0 radical (unpaired) electrons. The van der Waals surface area contributed by atoms with Gasteiger partial charge in [0.25, 0.3) is 5.91 Å². The van der Waals surface area contributed by atoms with Crippen molar-refractivity contribution in [1.82, 2.24) is 4.90 Å². The molecule has 1 fully saturated rings. The van der Waals surface area contributed by atoms with Crippen LogP contribution in [0.4, 0.5) is 10.5 Å². The topological polar surface area (TPSA) is 40.6 Å². The highest BCUT2D eigenvalue weighted by atomic mass is 32.2. The molecule has 104 valence electrons. The van der Waals surface area contributed by atoms with Crippen molar-refractivity contribution in [3.05, 3.63) is 36.9 Å². The normalized spacial score (nSPS) is 23.6. The molecule has 0 saturated carbocycles. The number of thioether (sulfide) groups is 1. The van der Waals surface area contributed by atoms with Gasteiger partial charge < -0.3 is 0 Å². The summed E-state index contributed by atoms with van der Waals surface area (Å²) in [6, 6.07) is 7.03. The van der Waals surface area contributed by atoms with Crippen LogP contribution in [0.1, 0.15) is 13.8 Å². The Morgan fingerprint density at radius 3 is 2.75 bits per heavy atom. The van der Waals surface area contributed by atoms with Gasteiger partial charge in [0.05, 0.1) is 5.69 Å². The van der Waals surface area contributed by atoms with E-state index < -0.39 is 6.04 Å². The van der Waals surface area contributed by atoms with Crippen LogP contribution >= 0.6 is 11.8 Å². The number of amides is 3. The lowest BCUT2D eigenvalue weighted by Gasteiger charge is -2.40. The van der Waals surface area contributed by atoms with Gasteiger partial charge >= 0.3 is 6.03 Å². The minimum atomic E-state index is -0.449. The minimum absolute atomic E-state index is 0.137. The van der Waals surface area contributed by atoms with E-state index in [1.807, 2.05) is 38.1 Å². The third-order valence-corrected chi connectivity index (χ3v) is 4.98. The van der Waals surface area contributed by atoms with Crippen molar-refractivity contribution in [2.75, 3.05) is 11.4 Å². The summed E-state index contributed by atoms with van der Waals surface area (Å²) in [6.45, 7) is 7.89. The van der Waals surface area contributed by atoms with Gasteiger partial charge in [0.1, 0.15) is 6.04 Å². The first-order valence-corrected chi connectivity index (χ1v) is 7.32. The maximum Gasteiger partial charge on any atom is 0.332 e. The van der Waals surface area contributed by atoms with Gasteiger partial charge in [0, 0.05) is 16.2 Å². The summed E-state index contributed by atoms with van der Waals surface area (Å²) in [7, 11) is 0. The van der Waals surface area contributed by atoms with Crippen molar-refractivity contribution in [1.29, 1.82) is 0 Å². The maximum absolute atomic E-state index is 12.6. The summed E-state index contributed by atoms with van der Waals surface area (Å²) in [5, 5.41) is 0. The van der Waals surface area contributed by atoms with Crippen molar-refractivity contribution < 1.29 is 9.59 Å². The van der Waals surface area contributed by atoms with E-state index in [0.29, 0.717) is 0 Å². The maximum atomic E-state index is 12.6. The summed E-state index contributed by atoms with van der Waals surface area (Å²) >= 11 is 1.65. The van der Waals surface area contributed by atoms with E-state index in [-0.39, 0.29) is 23.2 Å². The smallest absolute Gasteiger partial charge is 0.279 e. The number of nitrogens with zero attached hydrogens (tertiary/aromatic N) is 2. The van der Waals surface area contributed by atoms with Crippen LogP contribution in [-0.4, -0.2) is 34.2 Å². The minimum Gasteiger partial charge on any atom is -0.279 e. The Morgan fingerprint density at radius 2 is 2.05 bits per heavy atom. The highest BCUT2D eigenvalue weighted by molar-refractivity contribution is 8.01. The molecule has 0 aliphatic carbocycles. The van der Waals surface area contributed by atoms with Gasteiger partial charge in [-0.3, -0.25) is 14.6 Å². The van der Waals surface area contributed by atoms with Crippen LogP contribution in [0.5, 0.6) is 0 Å². The largest absolute Gasteiger partial charge is 0.332 e. The molecule has 2 aliphatic rings. The Labute approximate surface area is 122 Å². The first-order valence-electron chi connectivity index (χ1n) is 6.51. The van der Waals surface area contributed by atoms with E-state index in [1.165, 1.54) is 4.90 Å². The molecule has 0 N–H and O–H groups in total. The molecular weight excluding hydrogens is 272 g/mol. The van der Waals surface area contributed by atoms with Crippen molar-refractivity contribution in [3.8, 4) is 0 Å². The van der Waals surface area contributed by atoms with E-state index >= 15 is 0 Å².